The maximum absolute atomic E-state index is 13.1. The van der Waals surface area contributed by atoms with Crippen molar-refractivity contribution in [1.82, 2.24) is 5.32 Å². The van der Waals surface area contributed by atoms with Crippen molar-refractivity contribution >= 4 is 5.91 Å². The molecule has 9 heteroatoms. The molecule has 0 saturated carbocycles. The molecule has 1 aliphatic heterocycles. The molecule has 1 saturated heterocycles. The van der Waals surface area contributed by atoms with Crippen LogP contribution in [0.4, 0.5) is 0 Å². The summed E-state index contributed by atoms with van der Waals surface area (Å²) in [6.07, 6.45) is 66.2. The minimum atomic E-state index is -1.57. The SMILES string of the molecule is CCCCCCC/C=C\C/C=C\CCCCCCCCCCCCCCCCCC(=O)NC(COC1OC(CO)C(O)C(O)C1O)C(O)/C=C/CC/C=C/CCCCCCCCCCCCCCCCCCCC. The second-order valence-electron chi connectivity index (χ2n) is 22.2. The summed E-state index contributed by atoms with van der Waals surface area (Å²) >= 11 is 0. The molecule has 434 valence electrons. The number of allylic oxidation sites excluding steroid dienone is 7. The zero-order valence-electron chi connectivity index (χ0n) is 48.4. The summed E-state index contributed by atoms with van der Waals surface area (Å²) in [5, 5.41) is 54.6. The van der Waals surface area contributed by atoms with Crippen LogP contribution in [0.2, 0.25) is 0 Å². The van der Waals surface area contributed by atoms with Crippen molar-refractivity contribution in [1.29, 1.82) is 0 Å². The fourth-order valence-electron chi connectivity index (χ4n) is 10.1. The average Bonchev–Trinajstić information content (AvgIpc) is 3.40. The van der Waals surface area contributed by atoms with E-state index in [1.54, 1.807) is 6.08 Å². The maximum atomic E-state index is 13.1. The second-order valence-corrected chi connectivity index (χ2v) is 22.2. The van der Waals surface area contributed by atoms with Gasteiger partial charge in [-0.2, -0.15) is 0 Å². The van der Waals surface area contributed by atoms with Gasteiger partial charge < -0.3 is 40.3 Å². The summed E-state index contributed by atoms with van der Waals surface area (Å²) in [7, 11) is 0. The van der Waals surface area contributed by atoms with Gasteiger partial charge in [-0.15, -0.1) is 0 Å². The topological polar surface area (TPSA) is 149 Å². The van der Waals surface area contributed by atoms with E-state index in [2.05, 4.69) is 55.6 Å². The third kappa shape index (κ3) is 43.2. The van der Waals surface area contributed by atoms with E-state index in [4.69, 9.17) is 9.47 Å². The van der Waals surface area contributed by atoms with E-state index in [1.807, 2.05) is 6.08 Å². The molecular formula is C65H121NO8. The quantitative estimate of drug-likeness (QED) is 0.0261. The Kier molecular flexibility index (Phi) is 51.7. The molecule has 0 aliphatic carbocycles. The van der Waals surface area contributed by atoms with E-state index in [1.165, 1.54) is 238 Å². The summed E-state index contributed by atoms with van der Waals surface area (Å²) in [5.74, 6) is -0.183. The summed E-state index contributed by atoms with van der Waals surface area (Å²) in [5.41, 5.74) is 0. The van der Waals surface area contributed by atoms with Crippen LogP contribution in [0.15, 0.2) is 48.6 Å². The molecule has 1 amide bonds. The molecule has 0 bridgehead atoms. The van der Waals surface area contributed by atoms with Crippen molar-refractivity contribution in [3.63, 3.8) is 0 Å². The number of hydrogen-bond donors (Lipinski definition) is 6. The largest absolute Gasteiger partial charge is 0.394 e. The van der Waals surface area contributed by atoms with Gasteiger partial charge in [-0.3, -0.25) is 4.79 Å². The first-order valence-corrected chi connectivity index (χ1v) is 31.9. The molecule has 7 unspecified atom stereocenters. The number of rotatable bonds is 55. The van der Waals surface area contributed by atoms with Crippen molar-refractivity contribution < 1.29 is 39.8 Å². The molecule has 1 rings (SSSR count). The first-order chi connectivity index (χ1) is 36.3. The summed E-state index contributed by atoms with van der Waals surface area (Å²) in [6, 6.07) is -0.823. The molecule has 74 heavy (non-hydrogen) atoms. The lowest BCUT2D eigenvalue weighted by Gasteiger charge is -2.40. The minimum Gasteiger partial charge on any atom is -0.394 e. The molecule has 6 N–H and O–H groups in total. The fourth-order valence-corrected chi connectivity index (χ4v) is 10.1. The lowest BCUT2D eigenvalue weighted by atomic mass is 9.99. The summed E-state index contributed by atoms with van der Waals surface area (Å²) in [6.45, 7) is 3.79. The molecule has 0 spiro atoms. The second kappa shape index (κ2) is 54.5. The van der Waals surface area contributed by atoms with Crippen molar-refractivity contribution in [2.45, 2.75) is 346 Å². The number of unbranched alkanes of at least 4 members (excludes halogenated alkanes) is 39. The molecule has 0 aromatic carbocycles. The number of aliphatic hydroxyl groups is 5. The number of carbonyl (C=O) groups is 1. The molecule has 1 aliphatic rings. The molecule has 9 nitrogen and oxygen atoms in total. The zero-order chi connectivity index (χ0) is 53.6. The molecule has 1 heterocycles. The predicted molar refractivity (Wildman–Crippen MR) is 313 cm³/mol. The Balaban J connectivity index is 2.20. The van der Waals surface area contributed by atoms with E-state index in [9.17, 15) is 30.3 Å². The number of carbonyl (C=O) groups excluding carboxylic acids is 1. The van der Waals surface area contributed by atoms with Crippen molar-refractivity contribution in [3.8, 4) is 0 Å². The highest BCUT2D eigenvalue weighted by Crippen LogP contribution is 2.23. The molecule has 7 atom stereocenters. The Bertz CT molecular complexity index is 1300. The highest BCUT2D eigenvalue weighted by Gasteiger charge is 2.44. The van der Waals surface area contributed by atoms with Crippen molar-refractivity contribution in [2.75, 3.05) is 13.2 Å². The van der Waals surface area contributed by atoms with Crippen molar-refractivity contribution in [2.24, 2.45) is 0 Å². The van der Waals surface area contributed by atoms with Gasteiger partial charge >= 0.3 is 0 Å². The summed E-state index contributed by atoms with van der Waals surface area (Å²) in [4.78, 5) is 13.1. The molecule has 1 fully saturated rings. The van der Waals surface area contributed by atoms with Gasteiger partial charge in [-0.05, 0) is 64.2 Å². The minimum absolute atomic E-state index is 0.183. The number of hydrogen-bond acceptors (Lipinski definition) is 8. The average molecular weight is 1040 g/mol. The Labute approximate surface area is 456 Å². The van der Waals surface area contributed by atoms with Crippen LogP contribution in [-0.2, 0) is 14.3 Å². The van der Waals surface area contributed by atoms with E-state index in [0.29, 0.717) is 6.42 Å². The highest BCUT2D eigenvalue weighted by atomic mass is 16.7. The number of ether oxygens (including phenoxy) is 2. The molecule has 0 aromatic heterocycles. The Hall–Kier alpha value is -1.85. The first kappa shape index (κ1) is 70.2. The van der Waals surface area contributed by atoms with Crippen LogP contribution in [0.1, 0.15) is 303 Å². The van der Waals surface area contributed by atoms with Crippen LogP contribution in [0.25, 0.3) is 0 Å². The zero-order valence-corrected chi connectivity index (χ0v) is 48.4. The number of aliphatic hydroxyl groups excluding tert-OH is 5. The van der Waals surface area contributed by atoms with Gasteiger partial charge in [-0.1, -0.05) is 281 Å². The van der Waals surface area contributed by atoms with Gasteiger partial charge in [0.15, 0.2) is 6.29 Å². The third-order valence-electron chi connectivity index (χ3n) is 15.1. The molecule has 0 radical (unpaired) electrons. The molecule has 0 aromatic rings. The Morgan fingerprint density at radius 3 is 1.22 bits per heavy atom. The number of amides is 1. The van der Waals surface area contributed by atoms with Gasteiger partial charge in [0.25, 0.3) is 0 Å². The van der Waals surface area contributed by atoms with Crippen LogP contribution in [0, 0.1) is 0 Å². The van der Waals surface area contributed by atoms with Gasteiger partial charge in [0, 0.05) is 6.42 Å². The van der Waals surface area contributed by atoms with E-state index in [-0.39, 0.29) is 12.5 Å². The van der Waals surface area contributed by atoms with Gasteiger partial charge in [-0.25, -0.2) is 0 Å². The van der Waals surface area contributed by atoms with Crippen LogP contribution in [0.5, 0.6) is 0 Å². The molecular weight excluding hydrogens is 923 g/mol. The van der Waals surface area contributed by atoms with Gasteiger partial charge in [0.05, 0.1) is 25.4 Å². The first-order valence-electron chi connectivity index (χ1n) is 31.9. The predicted octanol–water partition coefficient (Wildman–Crippen LogP) is 16.5. The monoisotopic (exact) mass is 1040 g/mol. The van der Waals surface area contributed by atoms with Crippen LogP contribution < -0.4 is 5.32 Å². The van der Waals surface area contributed by atoms with E-state index in [0.717, 1.165) is 44.9 Å². The van der Waals surface area contributed by atoms with Gasteiger partial charge in [0.1, 0.15) is 24.4 Å². The smallest absolute Gasteiger partial charge is 0.220 e. The van der Waals surface area contributed by atoms with Crippen LogP contribution in [-0.4, -0.2) is 87.5 Å². The fraction of sp³-hybridized carbons (Fsp3) is 0.862. The van der Waals surface area contributed by atoms with Crippen LogP contribution >= 0.6 is 0 Å². The number of nitrogens with one attached hydrogen (secondary N) is 1. The highest BCUT2D eigenvalue weighted by molar-refractivity contribution is 5.76. The third-order valence-corrected chi connectivity index (χ3v) is 15.1. The summed E-state index contributed by atoms with van der Waals surface area (Å²) < 4.78 is 11.3. The van der Waals surface area contributed by atoms with Crippen LogP contribution in [0.3, 0.4) is 0 Å². The maximum Gasteiger partial charge on any atom is 0.220 e. The van der Waals surface area contributed by atoms with E-state index < -0.39 is 49.5 Å². The van der Waals surface area contributed by atoms with Gasteiger partial charge in [0.2, 0.25) is 5.91 Å². The normalized spacial score (nSPS) is 19.3. The standard InChI is InChI=1S/C65H121NO8/c1-3-5-7-9-11-13-15-17-19-21-23-25-27-29-30-31-33-35-37-39-41-43-45-47-49-51-53-55-61(69)66-58(57-73-65-64(72)63(71)62(70)60(56-67)74-65)59(68)54-52-50-48-46-44-42-40-38-36-34-32-28-26-24-22-20-18-16-14-12-10-8-6-4-2/h15,17,21,23,44,46,52,54,58-60,62-65,67-68,70-72H,3-14,16,18-20,22,24-43,45,47-51,53,55-57H2,1-2H3,(H,66,69)/b17-15-,23-21-,46-44+,54-52+. The van der Waals surface area contributed by atoms with E-state index >= 15 is 0 Å². The lowest BCUT2D eigenvalue weighted by Crippen LogP contribution is -2.60. The Morgan fingerprint density at radius 2 is 0.811 bits per heavy atom. The Morgan fingerprint density at radius 1 is 0.459 bits per heavy atom. The lowest BCUT2D eigenvalue weighted by molar-refractivity contribution is -0.302. The van der Waals surface area contributed by atoms with Crippen molar-refractivity contribution in [3.05, 3.63) is 48.6 Å².